The highest BCUT2D eigenvalue weighted by Gasteiger charge is 2.37. The van der Waals surface area contributed by atoms with E-state index in [2.05, 4.69) is 5.32 Å². The molecule has 316 valence electrons. The normalized spacial score (nSPS) is 21.7. The van der Waals surface area contributed by atoms with Crippen LogP contribution in [0.5, 0.6) is 11.5 Å². The topological polar surface area (TPSA) is 186 Å². The largest absolute Gasteiger partial charge is 0.504 e. The molecule has 3 aliphatic rings. The van der Waals surface area contributed by atoms with E-state index in [0.29, 0.717) is 122 Å². The minimum atomic E-state index is -0.905. The van der Waals surface area contributed by atoms with E-state index in [1.54, 1.807) is 6.07 Å². The van der Waals surface area contributed by atoms with Crippen LogP contribution in [-0.4, -0.2) is 60.9 Å². The van der Waals surface area contributed by atoms with Gasteiger partial charge in [-0.1, -0.05) is 11.6 Å². The van der Waals surface area contributed by atoms with Gasteiger partial charge in [0.25, 0.3) is 6.47 Å². The number of aromatic hydroxyl groups is 1. The number of rotatable bonds is 14. The lowest BCUT2D eigenvalue weighted by atomic mass is 9.77. The molecular weight excluding hydrogens is 767 g/mol. The highest BCUT2D eigenvalue weighted by molar-refractivity contribution is 6.39. The summed E-state index contributed by atoms with van der Waals surface area (Å²) in [5.74, 6) is -1.05. The fourth-order valence-electron chi connectivity index (χ4n) is 11.1. The number of carbonyl (C=O) groups excluding carboxylic acids is 3. The van der Waals surface area contributed by atoms with Crippen molar-refractivity contribution in [3.05, 3.63) is 66.0 Å². The van der Waals surface area contributed by atoms with Crippen LogP contribution in [0.2, 0.25) is 0 Å². The van der Waals surface area contributed by atoms with Gasteiger partial charge in [-0.3, -0.25) is 24.0 Å². The third kappa shape index (κ3) is 6.72. The molecule has 1 unspecified atom stereocenters. The number of benzene rings is 5. The van der Waals surface area contributed by atoms with Crippen molar-refractivity contribution in [1.82, 2.24) is 0 Å². The van der Waals surface area contributed by atoms with Gasteiger partial charge in [-0.25, -0.2) is 0 Å². The second-order valence-corrected chi connectivity index (χ2v) is 17.4. The Kier molecular flexibility index (Phi) is 11.5. The third-order valence-corrected chi connectivity index (χ3v) is 14.0. The highest BCUT2D eigenvalue weighted by Crippen LogP contribution is 2.55. The number of allylic oxidation sites excluding steroid dienone is 1. The molecule has 2 saturated carbocycles. The minimum Gasteiger partial charge on any atom is -0.504 e. The van der Waals surface area contributed by atoms with Crippen molar-refractivity contribution < 1.29 is 43.9 Å². The Morgan fingerprint density at radius 2 is 1.45 bits per heavy atom. The van der Waals surface area contributed by atoms with Crippen LogP contribution in [0.1, 0.15) is 105 Å². The van der Waals surface area contributed by atoms with Crippen LogP contribution in [0.15, 0.2) is 27.3 Å². The summed E-state index contributed by atoms with van der Waals surface area (Å²) in [6, 6.07) is 3.09. The number of phenols is 1. The average Bonchev–Trinajstić information content (AvgIpc) is 3.38. The molecule has 0 aliphatic heterocycles. The number of ketones is 1. The smallest absolute Gasteiger partial charge is 0.308 e. The van der Waals surface area contributed by atoms with Crippen LogP contribution in [0.3, 0.4) is 0 Å². The molecule has 0 aromatic heterocycles. The quantitative estimate of drug-likeness (QED) is 0.0390. The molecule has 1 atom stereocenters. The predicted octanol–water partition coefficient (Wildman–Crippen LogP) is 6.99. The molecular formula is C48H53NO11. The van der Waals surface area contributed by atoms with Crippen molar-refractivity contribution in [2.45, 2.75) is 97.2 Å². The van der Waals surface area contributed by atoms with Gasteiger partial charge < -0.3 is 34.8 Å². The molecule has 5 aromatic carbocycles. The second-order valence-electron chi connectivity index (χ2n) is 17.4. The van der Waals surface area contributed by atoms with Crippen molar-refractivity contribution in [1.29, 1.82) is 0 Å². The van der Waals surface area contributed by atoms with Crippen molar-refractivity contribution in [2.75, 3.05) is 32.7 Å². The predicted molar refractivity (Wildman–Crippen MR) is 230 cm³/mol. The van der Waals surface area contributed by atoms with Crippen LogP contribution in [0.4, 0.5) is 5.69 Å². The molecule has 3 aliphatic carbocycles. The Labute approximate surface area is 347 Å². The van der Waals surface area contributed by atoms with Crippen LogP contribution in [0.25, 0.3) is 49.2 Å². The van der Waals surface area contributed by atoms with Crippen LogP contribution in [-0.2, 0) is 43.5 Å². The Bertz CT molecular complexity index is 2670. The van der Waals surface area contributed by atoms with E-state index in [0.717, 1.165) is 38.5 Å². The number of fused-ring (bicyclic) bond motifs is 1. The van der Waals surface area contributed by atoms with E-state index in [-0.39, 0.29) is 51.6 Å². The average molecular weight is 820 g/mol. The number of hydrogen-bond donors (Lipinski definition) is 4. The van der Waals surface area contributed by atoms with Gasteiger partial charge in [-0.15, -0.1) is 0 Å². The first-order valence-electron chi connectivity index (χ1n) is 21.2. The van der Waals surface area contributed by atoms with Gasteiger partial charge in [0.1, 0.15) is 5.78 Å². The van der Waals surface area contributed by atoms with Crippen LogP contribution < -0.4 is 20.9 Å². The molecule has 60 heavy (non-hydrogen) atoms. The summed E-state index contributed by atoms with van der Waals surface area (Å²) in [5, 5.41) is 41.0. The van der Waals surface area contributed by atoms with Gasteiger partial charge in [0.05, 0.1) is 56.6 Å². The summed E-state index contributed by atoms with van der Waals surface area (Å²) < 4.78 is 16.0. The number of esters is 1. The number of anilines is 1. The number of methoxy groups -OCH3 is 2. The molecule has 12 nitrogen and oxygen atoms in total. The molecule has 4 N–H and O–H groups in total. The number of nitrogens with one attached hydrogen (secondary N) is 1. The molecule has 8 rings (SSSR count). The van der Waals surface area contributed by atoms with Crippen LogP contribution >= 0.6 is 0 Å². The molecule has 0 heterocycles. The zero-order valence-corrected chi connectivity index (χ0v) is 34.7. The van der Waals surface area contributed by atoms with E-state index in [1.807, 2.05) is 13.0 Å². The molecule has 2 fully saturated rings. The Morgan fingerprint density at radius 3 is 2.07 bits per heavy atom. The summed E-state index contributed by atoms with van der Waals surface area (Å²) in [6.07, 6.45) is 9.66. The standard InChI is InChI=1S/C48H53NO11/c1-23-15-32-31(14-11-25-9-12-28(13-10-25)48(57)59-4)45(55)39-33(49-18-26-5-7-27(8-6-26)21-60-22-52)16-29(19-50)36-37-30(20-51)17-34(54)40-42(37)43(38(32)41(36)39)44(35(23)24(2)53)47(58-3)46(40)56/h15-17,22,25-28,35,49-51,56H,5-14,18-21H2,1-4H3. The summed E-state index contributed by atoms with van der Waals surface area (Å²) in [4.78, 5) is 66.6. The van der Waals surface area contributed by atoms with Gasteiger partial charge in [-0.05, 0) is 146 Å². The molecule has 0 saturated heterocycles. The lowest BCUT2D eigenvalue weighted by molar-refractivity contribution is -0.146. The van der Waals surface area contributed by atoms with E-state index in [1.165, 1.54) is 27.2 Å². The molecule has 0 amide bonds. The monoisotopic (exact) mass is 819 g/mol. The first kappa shape index (κ1) is 41.4. The number of aliphatic hydroxyl groups is 2. The Balaban J connectivity index is 1.43. The number of aliphatic hydroxyl groups excluding tert-OH is 2. The van der Waals surface area contributed by atoms with E-state index < -0.39 is 30.3 Å². The van der Waals surface area contributed by atoms with Gasteiger partial charge in [0.15, 0.2) is 22.4 Å². The van der Waals surface area contributed by atoms with Gasteiger partial charge in [0.2, 0.25) is 0 Å². The van der Waals surface area contributed by atoms with E-state index in [9.17, 15) is 34.5 Å². The Morgan fingerprint density at radius 1 is 0.817 bits per heavy atom. The van der Waals surface area contributed by atoms with Crippen molar-refractivity contribution in [3.63, 3.8) is 0 Å². The minimum absolute atomic E-state index is 0.00406. The highest BCUT2D eigenvalue weighted by atomic mass is 16.5. The summed E-state index contributed by atoms with van der Waals surface area (Å²) in [6.45, 7) is 3.78. The first-order chi connectivity index (χ1) is 29.0. The fraction of sp³-hybridized carbons (Fsp3) is 0.479. The van der Waals surface area contributed by atoms with Gasteiger partial charge in [-0.2, -0.15) is 0 Å². The summed E-state index contributed by atoms with van der Waals surface area (Å²) in [5.41, 5.74) is 2.79. The molecule has 12 heteroatoms. The number of ether oxygens (including phenoxy) is 3. The zero-order valence-electron chi connectivity index (χ0n) is 34.7. The maximum Gasteiger partial charge on any atom is 0.308 e. The van der Waals surface area contributed by atoms with Crippen molar-refractivity contribution in [2.24, 2.45) is 23.7 Å². The van der Waals surface area contributed by atoms with E-state index in [4.69, 9.17) is 14.2 Å². The zero-order chi connectivity index (χ0) is 42.6. The number of Topliss-reactive ketones (excluding diaryl/α,β-unsaturated/α-hetero) is 1. The maximum atomic E-state index is 15.5. The number of phenolic OH excluding ortho intramolecular Hbond substituents is 1. The van der Waals surface area contributed by atoms with Gasteiger partial charge >= 0.3 is 5.97 Å². The fourth-order valence-corrected chi connectivity index (χ4v) is 11.1. The third-order valence-electron chi connectivity index (χ3n) is 14.0. The molecule has 0 spiro atoms. The van der Waals surface area contributed by atoms with E-state index >= 15 is 4.79 Å². The summed E-state index contributed by atoms with van der Waals surface area (Å²) in [7, 11) is 2.80. The second kappa shape index (κ2) is 16.6. The van der Waals surface area contributed by atoms with Gasteiger partial charge in [0, 0.05) is 34.1 Å². The lowest BCUT2D eigenvalue weighted by Crippen LogP contribution is -2.24. The summed E-state index contributed by atoms with van der Waals surface area (Å²) >= 11 is 0. The number of carbonyl (C=O) groups is 3. The number of hydrogen-bond acceptors (Lipinski definition) is 12. The van der Waals surface area contributed by atoms with Crippen LogP contribution in [0, 0.1) is 23.7 Å². The first-order valence-corrected chi connectivity index (χ1v) is 21.2. The maximum absolute atomic E-state index is 15.5. The van der Waals surface area contributed by atoms with Crippen molar-refractivity contribution in [3.8, 4) is 11.5 Å². The molecule has 0 radical (unpaired) electrons. The molecule has 5 aromatic rings. The lowest BCUT2D eigenvalue weighted by Gasteiger charge is -2.29. The molecule has 0 bridgehead atoms. The Hall–Kier alpha value is -5.33. The van der Waals surface area contributed by atoms with Crippen molar-refractivity contribution >= 4 is 73.1 Å². The SMILES string of the molecule is COC(=O)C1CCC(CCc2c3c4c5c(c(OC)c(O)c6c(=O)cc(CO)c(c7c(CO)cc(NCC8CCC(COC=O)CC8)c(c2=O)c74)c65)C(C(C)=O)C(C)=C3)CC1.